The highest BCUT2D eigenvalue weighted by molar-refractivity contribution is 5.85. The molecule has 5 heteroatoms. The molecule has 1 aliphatic heterocycles. The molecular formula is C12H14ClN3O. The summed E-state index contributed by atoms with van der Waals surface area (Å²) in [4.78, 5) is 4.41. The van der Waals surface area contributed by atoms with Gasteiger partial charge >= 0.3 is 0 Å². The van der Waals surface area contributed by atoms with E-state index in [0.717, 1.165) is 24.5 Å². The Kier molecular flexibility index (Phi) is 3.45. The number of hydrogen-bond acceptors (Lipinski definition) is 4. The molecule has 0 amide bonds. The predicted octanol–water partition coefficient (Wildman–Crippen LogP) is 2.15. The predicted molar refractivity (Wildman–Crippen MR) is 67.3 cm³/mol. The quantitative estimate of drug-likeness (QED) is 0.889. The average molecular weight is 252 g/mol. The fraction of sp³-hybridized carbons (Fsp3) is 0.333. The normalized spacial score (nSPS) is 15.1. The summed E-state index contributed by atoms with van der Waals surface area (Å²) < 4.78 is 5.25. The minimum atomic E-state index is 0. The van der Waals surface area contributed by atoms with Crippen LogP contribution in [0.1, 0.15) is 17.4 Å². The van der Waals surface area contributed by atoms with E-state index in [1.807, 2.05) is 12.1 Å². The van der Waals surface area contributed by atoms with E-state index < -0.39 is 0 Å². The van der Waals surface area contributed by atoms with E-state index >= 15 is 0 Å². The first-order chi connectivity index (χ1) is 7.83. The summed E-state index contributed by atoms with van der Waals surface area (Å²) in [5, 5.41) is 7.19. The molecule has 0 radical (unpaired) electrons. The van der Waals surface area contributed by atoms with Crippen LogP contribution in [0.5, 0.6) is 0 Å². The van der Waals surface area contributed by atoms with Crippen LogP contribution in [0.3, 0.4) is 0 Å². The Labute approximate surface area is 106 Å². The monoisotopic (exact) mass is 251 g/mol. The van der Waals surface area contributed by atoms with Crippen molar-refractivity contribution in [1.29, 1.82) is 0 Å². The Hall–Kier alpha value is -1.39. The molecule has 1 N–H and O–H groups in total. The van der Waals surface area contributed by atoms with Gasteiger partial charge in [0.1, 0.15) is 0 Å². The van der Waals surface area contributed by atoms with Gasteiger partial charge in [0.05, 0.1) is 5.92 Å². The van der Waals surface area contributed by atoms with E-state index in [-0.39, 0.29) is 12.4 Å². The van der Waals surface area contributed by atoms with Crippen LogP contribution in [0.2, 0.25) is 0 Å². The van der Waals surface area contributed by atoms with Gasteiger partial charge in [-0.1, -0.05) is 35.0 Å². The van der Waals surface area contributed by atoms with E-state index in [1.165, 1.54) is 5.56 Å². The molecular weight excluding hydrogens is 238 g/mol. The molecule has 1 aromatic heterocycles. The van der Waals surface area contributed by atoms with Crippen LogP contribution >= 0.6 is 12.4 Å². The van der Waals surface area contributed by atoms with Crippen molar-refractivity contribution in [1.82, 2.24) is 15.5 Å². The maximum Gasteiger partial charge on any atom is 0.232 e. The van der Waals surface area contributed by atoms with Gasteiger partial charge in [-0.2, -0.15) is 4.98 Å². The second-order valence-corrected chi connectivity index (χ2v) is 4.18. The summed E-state index contributed by atoms with van der Waals surface area (Å²) in [6, 6.07) is 8.14. The molecule has 1 aromatic carbocycles. The average Bonchev–Trinajstić information content (AvgIpc) is 2.65. The van der Waals surface area contributed by atoms with Gasteiger partial charge in [0.2, 0.25) is 11.7 Å². The van der Waals surface area contributed by atoms with E-state index in [1.54, 1.807) is 0 Å². The van der Waals surface area contributed by atoms with Crippen molar-refractivity contribution in [2.24, 2.45) is 0 Å². The maximum atomic E-state index is 5.25. The minimum Gasteiger partial charge on any atom is -0.339 e. The molecule has 0 bridgehead atoms. The van der Waals surface area contributed by atoms with E-state index in [0.29, 0.717) is 11.7 Å². The Morgan fingerprint density at radius 2 is 1.94 bits per heavy atom. The van der Waals surface area contributed by atoms with E-state index in [9.17, 15) is 0 Å². The maximum absolute atomic E-state index is 5.25. The van der Waals surface area contributed by atoms with Gasteiger partial charge < -0.3 is 9.84 Å². The van der Waals surface area contributed by atoms with E-state index in [4.69, 9.17) is 4.52 Å². The van der Waals surface area contributed by atoms with E-state index in [2.05, 4.69) is 34.5 Å². The largest absolute Gasteiger partial charge is 0.339 e. The first-order valence-electron chi connectivity index (χ1n) is 5.44. The van der Waals surface area contributed by atoms with Crippen molar-refractivity contribution in [2.75, 3.05) is 13.1 Å². The highest BCUT2D eigenvalue weighted by atomic mass is 35.5. The van der Waals surface area contributed by atoms with Crippen LogP contribution in [-0.2, 0) is 0 Å². The fourth-order valence-corrected chi connectivity index (χ4v) is 1.68. The van der Waals surface area contributed by atoms with Gasteiger partial charge in [-0.05, 0) is 6.92 Å². The minimum absolute atomic E-state index is 0. The zero-order valence-corrected chi connectivity index (χ0v) is 10.3. The number of aryl methyl sites for hydroxylation is 1. The van der Waals surface area contributed by atoms with Gasteiger partial charge in [-0.15, -0.1) is 12.4 Å². The van der Waals surface area contributed by atoms with Gasteiger partial charge in [0, 0.05) is 18.7 Å². The molecule has 1 saturated heterocycles. The molecule has 2 aromatic rings. The first kappa shape index (κ1) is 12.1. The molecule has 0 saturated carbocycles. The molecule has 90 valence electrons. The van der Waals surface area contributed by atoms with Crippen LogP contribution in [0.4, 0.5) is 0 Å². The van der Waals surface area contributed by atoms with Crippen LogP contribution in [0, 0.1) is 6.92 Å². The molecule has 17 heavy (non-hydrogen) atoms. The summed E-state index contributed by atoms with van der Waals surface area (Å²) in [6.45, 7) is 3.94. The summed E-state index contributed by atoms with van der Waals surface area (Å²) in [5.41, 5.74) is 2.24. The fourth-order valence-electron chi connectivity index (χ4n) is 1.68. The molecule has 0 atom stereocenters. The molecule has 0 spiro atoms. The first-order valence-corrected chi connectivity index (χ1v) is 5.44. The third-order valence-electron chi connectivity index (χ3n) is 2.88. The summed E-state index contributed by atoms with van der Waals surface area (Å²) in [5.74, 6) is 1.82. The standard InChI is InChI=1S/C12H13N3O.ClH/c1-8-2-4-9(5-3-8)11-14-12(16-15-11)10-6-13-7-10;/h2-5,10,13H,6-7H2,1H3;1H. The number of benzene rings is 1. The SMILES string of the molecule is Cc1ccc(-c2noc(C3CNC3)n2)cc1.Cl. The molecule has 1 aliphatic rings. The van der Waals surface area contributed by atoms with Crippen molar-refractivity contribution in [3.63, 3.8) is 0 Å². The summed E-state index contributed by atoms with van der Waals surface area (Å²) in [6.07, 6.45) is 0. The third-order valence-corrected chi connectivity index (χ3v) is 2.88. The van der Waals surface area contributed by atoms with Gasteiger partial charge in [-0.25, -0.2) is 0 Å². The van der Waals surface area contributed by atoms with Crippen molar-refractivity contribution >= 4 is 12.4 Å². The van der Waals surface area contributed by atoms with Crippen LogP contribution in [0.15, 0.2) is 28.8 Å². The number of nitrogens with zero attached hydrogens (tertiary/aromatic N) is 2. The van der Waals surface area contributed by atoms with Gasteiger partial charge in [0.25, 0.3) is 0 Å². The number of nitrogens with one attached hydrogen (secondary N) is 1. The van der Waals surface area contributed by atoms with Crippen molar-refractivity contribution in [3.05, 3.63) is 35.7 Å². The highest BCUT2D eigenvalue weighted by Gasteiger charge is 2.25. The topological polar surface area (TPSA) is 51.0 Å². The molecule has 4 nitrogen and oxygen atoms in total. The zero-order valence-electron chi connectivity index (χ0n) is 9.51. The zero-order chi connectivity index (χ0) is 11.0. The molecule has 2 heterocycles. The lowest BCUT2D eigenvalue weighted by Gasteiger charge is -2.22. The number of hydrogen-bond donors (Lipinski definition) is 1. The Morgan fingerprint density at radius 3 is 2.53 bits per heavy atom. The number of aromatic nitrogens is 2. The highest BCUT2D eigenvalue weighted by Crippen LogP contribution is 2.22. The smallest absolute Gasteiger partial charge is 0.232 e. The van der Waals surface area contributed by atoms with Gasteiger partial charge in [0.15, 0.2) is 0 Å². The Bertz CT molecular complexity index is 491. The molecule has 0 unspecified atom stereocenters. The lowest BCUT2D eigenvalue weighted by Crippen LogP contribution is -2.40. The summed E-state index contributed by atoms with van der Waals surface area (Å²) in [7, 11) is 0. The molecule has 1 fully saturated rings. The molecule has 0 aliphatic carbocycles. The van der Waals surface area contributed by atoms with Crippen molar-refractivity contribution in [3.8, 4) is 11.4 Å². The lowest BCUT2D eigenvalue weighted by molar-refractivity contribution is 0.308. The van der Waals surface area contributed by atoms with Crippen LogP contribution in [0.25, 0.3) is 11.4 Å². The third kappa shape index (κ3) is 2.33. The van der Waals surface area contributed by atoms with Gasteiger partial charge in [-0.3, -0.25) is 0 Å². The van der Waals surface area contributed by atoms with Crippen LogP contribution < -0.4 is 5.32 Å². The Morgan fingerprint density at radius 1 is 1.24 bits per heavy atom. The summed E-state index contributed by atoms with van der Waals surface area (Å²) >= 11 is 0. The second kappa shape index (κ2) is 4.85. The van der Waals surface area contributed by atoms with Crippen molar-refractivity contribution < 1.29 is 4.52 Å². The molecule has 3 rings (SSSR count). The number of halogens is 1. The van der Waals surface area contributed by atoms with Crippen LogP contribution in [-0.4, -0.2) is 23.2 Å². The lowest BCUT2D eigenvalue weighted by atomic mass is 10.0. The van der Waals surface area contributed by atoms with Crippen molar-refractivity contribution in [2.45, 2.75) is 12.8 Å². The number of rotatable bonds is 2. The Balaban J connectivity index is 0.00000108. The second-order valence-electron chi connectivity index (χ2n) is 4.18.